The summed E-state index contributed by atoms with van der Waals surface area (Å²) in [5.41, 5.74) is 8.80. The van der Waals surface area contributed by atoms with Crippen LogP contribution in [0.25, 0.3) is 11.1 Å². The molecule has 0 radical (unpaired) electrons. The van der Waals surface area contributed by atoms with Gasteiger partial charge in [0.1, 0.15) is 36.5 Å². The molecule has 0 spiro atoms. The van der Waals surface area contributed by atoms with Crippen LogP contribution in [-0.2, 0) is 24.6 Å². The highest BCUT2D eigenvalue weighted by molar-refractivity contribution is 6.32. The molecule has 3 aromatic carbocycles. The van der Waals surface area contributed by atoms with Crippen molar-refractivity contribution in [3.8, 4) is 34.4 Å². The lowest BCUT2D eigenvalue weighted by Gasteiger charge is -2.35. The van der Waals surface area contributed by atoms with Crippen LogP contribution in [0.15, 0.2) is 79.3 Å². The minimum Gasteiger partial charge on any atom is -0.493 e. The van der Waals surface area contributed by atoms with Gasteiger partial charge in [-0.15, -0.1) is 0 Å². The normalized spacial score (nSPS) is 16.4. The highest BCUT2D eigenvalue weighted by atomic mass is 35.5. The molecule has 11 nitrogen and oxygen atoms in total. The summed E-state index contributed by atoms with van der Waals surface area (Å²) < 4.78 is 19.3. The average Bonchev–Trinajstić information content (AvgIpc) is 3.79. The minimum absolute atomic E-state index is 0.0518. The third-order valence-electron chi connectivity index (χ3n) is 11.6. The smallest absolute Gasteiger partial charge is 0.217 e. The first-order valence-corrected chi connectivity index (χ1v) is 21.1. The van der Waals surface area contributed by atoms with E-state index < -0.39 is 0 Å². The van der Waals surface area contributed by atoms with E-state index >= 15 is 0 Å². The fourth-order valence-corrected chi connectivity index (χ4v) is 8.57. The van der Waals surface area contributed by atoms with Gasteiger partial charge in [0.25, 0.3) is 0 Å². The maximum absolute atomic E-state index is 11.4. The van der Waals surface area contributed by atoms with Crippen LogP contribution in [0.5, 0.6) is 17.2 Å². The monoisotopic (exact) mass is 815 g/mol. The number of halogens is 1. The number of rotatable bonds is 16. The Morgan fingerprint density at radius 3 is 2.47 bits per heavy atom. The van der Waals surface area contributed by atoms with Crippen LogP contribution in [0.3, 0.4) is 0 Å². The Hall–Kier alpha value is -5.41. The van der Waals surface area contributed by atoms with Gasteiger partial charge in [-0.25, -0.2) is 0 Å². The van der Waals surface area contributed by atoms with Gasteiger partial charge in [0.05, 0.1) is 28.9 Å². The predicted octanol–water partition coefficient (Wildman–Crippen LogP) is 8.87. The van der Waals surface area contributed by atoms with Crippen molar-refractivity contribution in [3.05, 3.63) is 123 Å². The summed E-state index contributed by atoms with van der Waals surface area (Å²) in [4.78, 5) is 20.5. The van der Waals surface area contributed by atoms with Gasteiger partial charge in [-0.1, -0.05) is 48.4 Å². The van der Waals surface area contributed by atoms with Crippen LogP contribution < -0.4 is 19.5 Å². The van der Waals surface area contributed by atoms with Crippen molar-refractivity contribution in [2.75, 3.05) is 32.8 Å². The summed E-state index contributed by atoms with van der Waals surface area (Å²) in [6, 6.07) is 22.9. The van der Waals surface area contributed by atoms with E-state index in [9.17, 15) is 10.1 Å². The van der Waals surface area contributed by atoms with Gasteiger partial charge in [-0.3, -0.25) is 19.8 Å². The second-order valence-corrected chi connectivity index (χ2v) is 16.1. The Balaban J connectivity index is 1.03. The van der Waals surface area contributed by atoms with Crippen molar-refractivity contribution in [1.29, 1.82) is 5.26 Å². The number of pyridine rings is 1. The van der Waals surface area contributed by atoms with E-state index in [2.05, 4.69) is 80.5 Å². The number of aromatic amines is 1. The minimum atomic E-state index is 0.0518. The van der Waals surface area contributed by atoms with Crippen molar-refractivity contribution in [3.63, 3.8) is 0 Å². The van der Waals surface area contributed by atoms with Gasteiger partial charge in [0, 0.05) is 74.9 Å². The first kappa shape index (κ1) is 41.7. The standard InChI is InChI=1S/C47H54ClN7O4/c1-32-37(9-6-10-40(32)41-11-7-13-45(33(41)2)57-22-8-18-54-20-15-39(16-21-54)52-34(3)56)31-59-47-25-46(58-30-36-23-35(26-49)27-50-28-36)38(24-42(47)48)29-55-19-5-4-12-44(55)43-14-17-51-53-43/h6-7,9-11,13-14,17,23-25,27-28,39,44H,4-5,8,12,15-16,18-22,29-31H2,1-3H3,(H,51,53)(H,52,56). The zero-order valence-electron chi connectivity index (χ0n) is 34.3. The van der Waals surface area contributed by atoms with Gasteiger partial charge in [0.15, 0.2) is 0 Å². The maximum atomic E-state index is 11.4. The summed E-state index contributed by atoms with van der Waals surface area (Å²) in [5.74, 6) is 2.14. The topological polar surface area (TPSA) is 129 Å². The lowest BCUT2D eigenvalue weighted by Crippen LogP contribution is -2.44. The first-order valence-electron chi connectivity index (χ1n) is 20.7. The summed E-state index contributed by atoms with van der Waals surface area (Å²) in [6.45, 7) is 11.6. The molecular formula is C47H54ClN7O4. The highest BCUT2D eigenvalue weighted by Crippen LogP contribution is 2.39. The Morgan fingerprint density at radius 1 is 0.898 bits per heavy atom. The zero-order valence-corrected chi connectivity index (χ0v) is 35.1. The SMILES string of the molecule is CC(=O)NC1CCN(CCCOc2cccc(-c3cccc(COc4cc(OCc5cncc(C#N)c5)c(CN5CCCCC5c5cc[nH]n5)cc4Cl)c3C)c2C)CC1. The van der Waals surface area contributed by atoms with E-state index in [0.717, 1.165) is 115 Å². The Morgan fingerprint density at radius 2 is 1.69 bits per heavy atom. The molecule has 2 N–H and O–H groups in total. The number of benzene rings is 3. The largest absolute Gasteiger partial charge is 0.493 e. The molecule has 2 aromatic heterocycles. The molecule has 5 aromatic rings. The number of hydrogen-bond donors (Lipinski definition) is 2. The molecule has 2 aliphatic rings. The van der Waals surface area contributed by atoms with Crippen LogP contribution >= 0.6 is 11.6 Å². The van der Waals surface area contributed by atoms with Crippen LogP contribution in [0.4, 0.5) is 0 Å². The third kappa shape index (κ3) is 10.8. The second kappa shape index (κ2) is 20.0. The first-order chi connectivity index (χ1) is 28.7. The van der Waals surface area contributed by atoms with Crippen LogP contribution in [0.1, 0.15) is 90.6 Å². The molecule has 0 saturated carbocycles. The summed E-state index contributed by atoms with van der Waals surface area (Å²) >= 11 is 7.01. The fourth-order valence-electron chi connectivity index (χ4n) is 8.33. The third-order valence-corrected chi connectivity index (χ3v) is 11.9. The van der Waals surface area contributed by atoms with Crippen LogP contribution in [0, 0.1) is 25.2 Å². The molecule has 2 saturated heterocycles. The van der Waals surface area contributed by atoms with Crippen molar-refractivity contribution in [1.82, 2.24) is 30.3 Å². The molecule has 59 heavy (non-hydrogen) atoms. The summed E-state index contributed by atoms with van der Waals surface area (Å²) in [5, 5.41) is 20.5. The van der Waals surface area contributed by atoms with Crippen LogP contribution in [-0.4, -0.2) is 69.7 Å². The number of nitrogens with zero attached hydrogens (tertiary/aromatic N) is 5. The van der Waals surface area contributed by atoms with E-state index in [-0.39, 0.29) is 24.6 Å². The molecule has 7 rings (SSSR count). The summed E-state index contributed by atoms with van der Waals surface area (Å²) in [7, 11) is 0. The molecule has 1 unspecified atom stereocenters. The molecule has 4 heterocycles. The average molecular weight is 816 g/mol. The van der Waals surface area contributed by atoms with Crippen molar-refractivity contribution < 1.29 is 19.0 Å². The molecule has 1 amide bonds. The van der Waals surface area contributed by atoms with Gasteiger partial charge < -0.3 is 24.4 Å². The van der Waals surface area contributed by atoms with Crippen molar-refractivity contribution in [2.45, 2.75) is 91.1 Å². The van der Waals surface area contributed by atoms with Gasteiger partial charge in [-0.05, 0) is 105 Å². The molecule has 0 aliphatic carbocycles. The molecule has 0 bridgehead atoms. The van der Waals surface area contributed by atoms with E-state index in [4.69, 9.17) is 25.8 Å². The van der Waals surface area contributed by atoms with Crippen molar-refractivity contribution in [2.24, 2.45) is 0 Å². The van der Waals surface area contributed by atoms with E-state index in [1.807, 2.05) is 30.5 Å². The van der Waals surface area contributed by atoms with E-state index in [0.29, 0.717) is 41.8 Å². The fraction of sp³-hybridized carbons (Fsp3) is 0.404. The molecule has 12 heteroatoms. The lowest BCUT2D eigenvalue weighted by molar-refractivity contribution is -0.119. The quantitative estimate of drug-likeness (QED) is 0.0939. The second-order valence-electron chi connectivity index (χ2n) is 15.7. The molecular weight excluding hydrogens is 762 g/mol. The van der Waals surface area contributed by atoms with Gasteiger partial charge in [-0.2, -0.15) is 10.4 Å². The Labute approximate surface area is 352 Å². The predicted molar refractivity (Wildman–Crippen MR) is 229 cm³/mol. The van der Waals surface area contributed by atoms with E-state index in [1.165, 1.54) is 0 Å². The highest BCUT2D eigenvalue weighted by Gasteiger charge is 2.27. The summed E-state index contributed by atoms with van der Waals surface area (Å²) in [6.07, 6.45) is 11.3. The van der Waals surface area contributed by atoms with Crippen LogP contribution in [0.2, 0.25) is 5.02 Å². The number of likely N-dealkylation sites (tertiary alicyclic amines) is 2. The number of hydrogen-bond acceptors (Lipinski definition) is 9. The van der Waals surface area contributed by atoms with Crippen molar-refractivity contribution >= 4 is 17.5 Å². The number of ether oxygens (including phenoxy) is 3. The molecule has 2 aliphatic heterocycles. The number of nitriles is 1. The number of piperidine rings is 2. The molecule has 308 valence electrons. The number of H-pyrrole nitrogens is 1. The Kier molecular flexibility index (Phi) is 14.2. The number of aromatic nitrogens is 3. The zero-order chi connectivity index (χ0) is 41.1. The number of carbonyl (C=O) groups is 1. The lowest BCUT2D eigenvalue weighted by atomic mass is 9.93. The maximum Gasteiger partial charge on any atom is 0.217 e. The Bertz CT molecular complexity index is 2230. The van der Waals surface area contributed by atoms with E-state index in [1.54, 1.807) is 25.4 Å². The number of amides is 1. The number of nitrogens with one attached hydrogen (secondary N) is 2. The molecule has 2 fully saturated rings. The van der Waals surface area contributed by atoms with Gasteiger partial charge >= 0.3 is 0 Å². The van der Waals surface area contributed by atoms with Gasteiger partial charge in [0.2, 0.25) is 5.91 Å². The molecule has 1 atom stereocenters. The number of carbonyl (C=O) groups excluding carboxylic acids is 1.